The number of aromatic nitrogens is 1. The van der Waals surface area contributed by atoms with Crippen molar-refractivity contribution in [2.24, 2.45) is 0 Å². The topological polar surface area (TPSA) is 50.7 Å². The second-order valence-corrected chi connectivity index (χ2v) is 3.36. The van der Waals surface area contributed by atoms with Gasteiger partial charge in [-0.1, -0.05) is 12.1 Å². The second-order valence-electron chi connectivity index (χ2n) is 3.36. The summed E-state index contributed by atoms with van der Waals surface area (Å²) in [5, 5.41) is 20.0. The van der Waals surface area contributed by atoms with Crippen LogP contribution in [-0.2, 0) is 6.18 Å². The normalized spacial score (nSPS) is 11.4. The van der Waals surface area contributed by atoms with Gasteiger partial charge in [-0.15, -0.1) is 0 Å². The lowest BCUT2D eigenvalue weighted by atomic mass is 10.1. The summed E-state index contributed by atoms with van der Waals surface area (Å²) < 4.78 is 38.4. The van der Waals surface area contributed by atoms with E-state index in [0.717, 1.165) is 0 Å². The van der Waals surface area contributed by atoms with Crippen molar-refractivity contribution in [3.63, 3.8) is 0 Å². The van der Waals surface area contributed by atoms with Crippen molar-refractivity contribution in [3.05, 3.63) is 46.8 Å². The minimum absolute atomic E-state index is 0.168. The molecular weight excluding hydrogens is 233 g/mol. The van der Waals surface area contributed by atoms with Gasteiger partial charge < -0.3 is 5.21 Å². The lowest BCUT2D eigenvalue weighted by molar-refractivity contribution is -0.580. The van der Waals surface area contributed by atoms with Crippen LogP contribution in [0.25, 0.3) is 10.9 Å². The average molecular weight is 238 g/mol. The Kier molecular flexibility index (Phi) is 2.39. The number of halogens is 3. The summed E-state index contributed by atoms with van der Waals surface area (Å²) in [6.07, 6.45) is -4.60. The molecule has 0 atom stereocenters. The van der Waals surface area contributed by atoms with E-state index < -0.39 is 17.4 Å². The lowest BCUT2D eigenvalue weighted by Gasteiger charge is -2.11. The SMILES string of the molecule is N#Cc1cc(C(F)(F)F)c2ccccc2[n+]1[O-]. The number of pyridine rings is 1. The van der Waals surface area contributed by atoms with Crippen LogP contribution >= 0.6 is 0 Å². The Morgan fingerprint density at radius 3 is 2.47 bits per heavy atom. The molecule has 1 heterocycles. The van der Waals surface area contributed by atoms with Crippen LogP contribution in [0.15, 0.2) is 30.3 Å². The predicted molar refractivity (Wildman–Crippen MR) is 52.6 cm³/mol. The van der Waals surface area contributed by atoms with E-state index in [9.17, 15) is 18.4 Å². The zero-order valence-electron chi connectivity index (χ0n) is 8.32. The van der Waals surface area contributed by atoms with E-state index in [1.807, 2.05) is 0 Å². The molecule has 0 saturated heterocycles. The number of alkyl halides is 3. The molecule has 6 heteroatoms. The van der Waals surface area contributed by atoms with E-state index in [4.69, 9.17) is 5.26 Å². The molecule has 0 N–H and O–H groups in total. The van der Waals surface area contributed by atoms with E-state index in [0.29, 0.717) is 6.07 Å². The van der Waals surface area contributed by atoms with E-state index in [1.54, 1.807) is 0 Å². The Morgan fingerprint density at radius 2 is 1.88 bits per heavy atom. The van der Waals surface area contributed by atoms with Crippen molar-refractivity contribution in [2.75, 3.05) is 0 Å². The van der Waals surface area contributed by atoms with Crippen molar-refractivity contribution >= 4 is 10.9 Å². The van der Waals surface area contributed by atoms with Gasteiger partial charge in [0.1, 0.15) is 0 Å². The summed E-state index contributed by atoms with van der Waals surface area (Å²) in [4.78, 5) is 0. The summed E-state index contributed by atoms with van der Waals surface area (Å²) in [6, 6.07) is 7.31. The zero-order valence-corrected chi connectivity index (χ0v) is 8.32. The van der Waals surface area contributed by atoms with Crippen LogP contribution < -0.4 is 4.73 Å². The van der Waals surface area contributed by atoms with E-state index in [2.05, 4.69) is 0 Å². The van der Waals surface area contributed by atoms with Crippen LogP contribution in [-0.4, -0.2) is 0 Å². The van der Waals surface area contributed by atoms with Gasteiger partial charge in [0.05, 0.1) is 10.9 Å². The molecule has 0 spiro atoms. The third-order valence-electron chi connectivity index (χ3n) is 2.33. The fourth-order valence-corrected chi connectivity index (χ4v) is 1.59. The average Bonchev–Trinajstić information content (AvgIpc) is 2.28. The third-order valence-corrected chi connectivity index (χ3v) is 2.33. The second kappa shape index (κ2) is 3.63. The number of nitrogens with zero attached hydrogens (tertiary/aromatic N) is 2. The number of rotatable bonds is 0. The summed E-state index contributed by atoms with van der Waals surface area (Å²) >= 11 is 0. The number of hydrogen-bond donors (Lipinski definition) is 0. The van der Waals surface area contributed by atoms with Crippen molar-refractivity contribution in [1.29, 1.82) is 5.26 Å². The number of nitriles is 1. The molecule has 17 heavy (non-hydrogen) atoms. The highest BCUT2D eigenvalue weighted by Gasteiger charge is 2.35. The van der Waals surface area contributed by atoms with Crippen LogP contribution in [0, 0.1) is 16.5 Å². The van der Waals surface area contributed by atoms with Crippen LogP contribution in [0.2, 0.25) is 0 Å². The van der Waals surface area contributed by atoms with Gasteiger partial charge in [0.2, 0.25) is 5.52 Å². The standard InChI is InChI=1S/C11H5F3N2O/c12-11(13,14)9-5-7(6-15)16(17)10-4-2-1-3-8(9)10/h1-5H. The lowest BCUT2D eigenvalue weighted by Crippen LogP contribution is -2.32. The Bertz CT molecular complexity index is 629. The molecule has 0 bridgehead atoms. The third kappa shape index (κ3) is 1.76. The van der Waals surface area contributed by atoms with Gasteiger partial charge in [0.25, 0.3) is 5.69 Å². The van der Waals surface area contributed by atoms with E-state index >= 15 is 0 Å². The van der Waals surface area contributed by atoms with Crippen molar-refractivity contribution in [1.82, 2.24) is 0 Å². The van der Waals surface area contributed by atoms with Crippen LogP contribution in [0.5, 0.6) is 0 Å². The monoisotopic (exact) mass is 238 g/mol. The van der Waals surface area contributed by atoms with E-state index in [-0.39, 0.29) is 15.6 Å². The highest BCUT2D eigenvalue weighted by molar-refractivity contribution is 5.80. The van der Waals surface area contributed by atoms with Crippen molar-refractivity contribution in [3.8, 4) is 6.07 Å². The van der Waals surface area contributed by atoms with E-state index in [1.165, 1.54) is 30.3 Å². The first-order valence-corrected chi connectivity index (χ1v) is 4.58. The number of fused-ring (bicyclic) bond motifs is 1. The maximum atomic E-state index is 12.7. The fraction of sp³-hybridized carbons (Fsp3) is 0.0909. The van der Waals surface area contributed by atoms with Gasteiger partial charge in [-0.05, 0) is 6.07 Å². The molecule has 0 aliphatic heterocycles. The molecule has 1 aromatic carbocycles. The molecular formula is C11H5F3N2O. The molecule has 0 radical (unpaired) electrons. The van der Waals surface area contributed by atoms with Crippen molar-refractivity contribution in [2.45, 2.75) is 6.18 Å². The largest absolute Gasteiger partial charge is 0.617 e. The Balaban J connectivity index is 2.95. The molecule has 3 nitrogen and oxygen atoms in total. The fourth-order valence-electron chi connectivity index (χ4n) is 1.59. The Labute approximate surface area is 93.9 Å². The van der Waals surface area contributed by atoms with Crippen LogP contribution in [0.4, 0.5) is 13.2 Å². The first kappa shape index (κ1) is 11.2. The summed E-state index contributed by atoms with van der Waals surface area (Å²) in [5.74, 6) is 0. The van der Waals surface area contributed by atoms with Gasteiger partial charge in [0, 0.05) is 12.1 Å². The summed E-state index contributed by atoms with van der Waals surface area (Å²) in [7, 11) is 0. The molecule has 0 unspecified atom stereocenters. The molecule has 2 aromatic rings. The Hall–Kier alpha value is -2.29. The molecule has 0 aliphatic carbocycles. The van der Waals surface area contributed by atoms with Crippen LogP contribution in [0.1, 0.15) is 11.3 Å². The highest BCUT2D eigenvalue weighted by Crippen LogP contribution is 2.34. The molecule has 0 amide bonds. The molecule has 0 aliphatic rings. The first-order valence-electron chi connectivity index (χ1n) is 4.58. The maximum absolute atomic E-state index is 12.7. The summed E-state index contributed by atoms with van der Waals surface area (Å²) in [5.41, 5.74) is -1.72. The number of hydrogen-bond acceptors (Lipinski definition) is 2. The van der Waals surface area contributed by atoms with Gasteiger partial charge in [-0.25, -0.2) is 0 Å². The van der Waals surface area contributed by atoms with Gasteiger partial charge >= 0.3 is 6.18 Å². The molecule has 0 saturated carbocycles. The number of benzene rings is 1. The molecule has 1 aromatic heterocycles. The van der Waals surface area contributed by atoms with Gasteiger partial charge in [0.15, 0.2) is 6.07 Å². The summed E-state index contributed by atoms with van der Waals surface area (Å²) in [6.45, 7) is 0. The number of para-hydroxylation sites is 1. The van der Waals surface area contributed by atoms with Gasteiger partial charge in [-0.2, -0.15) is 23.2 Å². The van der Waals surface area contributed by atoms with Gasteiger partial charge in [-0.3, -0.25) is 0 Å². The highest BCUT2D eigenvalue weighted by atomic mass is 19.4. The zero-order chi connectivity index (χ0) is 12.6. The van der Waals surface area contributed by atoms with Crippen LogP contribution in [0.3, 0.4) is 0 Å². The minimum atomic E-state index is -4.60. The smallest absolute Gasteiger partial charge is 0.417 e. The molecule has 0 fully saturated rings. The van der Waals surface area contributed by atoms with Crippen molar-refractivity contribution < 1.29 is 17.9 Å². The first-order chi connectivity index (χ1) is 7.95. The minimum Gasteiger partial charge on any atom is -0.617 e. The quantitative estimate of drug-likeness (QED) is 0.522. The molecule has 86 valence electrons. The predicted octanol–water partition coefficient (Wildman–Crippen LogP) is 2.36. The Morgan fingerprint density at radius 1 is 1.24 bits per heavy atom. The maximum Gasteiger partial charge on any atom is 0.417 e. The molecule has 2 rings (SSSR count).